The molecule has 1 rings (SSSR count). The molecule has 0 amide bonds. The van der Waals surface area contributed by atoms with Gasteiger partial charge in [-0.05, 0) is 33.8 Å². The Kier molecular flexibility index (Phi) is 4.36. The first-order valence-corrected chi connectivity index (χ1v) is 6.05. The molecule has 6 nitrogen and oxygen atoms in total. The molecule has 1 heterocycles. The van der Waals surface area contributed by atoms with Crippen LogP contribution in [0.1, 0.15) is 30.8 Å². The van der Waals surface area contributed by atoms with Crippen molar-refractivity contribution in [2.75, 3.05) is 18.5 Å². The molecule has 0 saturated heterocycles. The molecule has 0 bridgehead atoms. The van der Waals surface area contributed by atoms with Crippen LogP contribution in [0.2, 0.25) is 0 Å². The van der Waals surface area contributed by atoms with Crippen LogP contribution in [0.3, 0.4) is 0 Å². The van der Waals surface area contributed by atoms with Crippen LogP contribution in [0.25, 0.3) is 0 Å². The van der Waals surface area contributed by atoms with Crippen LogP contribution in [-0.4, -0.2) is 40.3 Å². The molecule has 0 aliphatic rings. The van der Waals surface area contributed by atoms with Gasteiger partial charge in [0.05, 0.1) is 22.5 Å². The summed E-state index contributed by atoms with van der Waals surface area (Å²) in [4.78, 5) is 6.19. The first-order valence-electron chi connectivity index (χ1n) is 6.05. The van der Waals surface area contributed by atoms with Crippen LogP contribution in [-0.2, 0) is 0 Å². The van der Waals surface area contributed by atoms with E-state index in [1.165, 1.54) is 0 Å². The Labute approximate surface area is 113 Å². The number of amidine groups is 1. The predicted molar refractivity (Wildman–Crippen MR) is 75.8 cm³/mol. The number of hydrogen-bond acceptors (Lipinski definition) is 5. The number of nitrogens with zero attached hydrogens (tertiary/aromatic N) is 3. The Morgan fingerprint density at radius 2 is 2.05 bits per heavy atom. The van der Waals surface area contributed by atoms with E-state index < -0.39 is 5.60 Å². The molecule has 106 valence electrons. The van der Waals surface area contributed by atoms with Crippen molar-refractivity contribution < 1.29 is 10.3 Å². The third-order valence-corrected chi connectivity index (χ3v) is 2.71. The lowest BCUT2D eigenvalue weighted by Gasteiger charge is -2.29. The molecule has 0 unspecified atom stereocenters. The van der Waals surface area contributed by atoms with Crippen molar-refractivity contribution in [1.29, 1.82) is 0 Å². The van der Waals surface area contributed by atoms with Crippen LogP contribution < -0.4 is 10.6 Å². The molecule has 0 aromatic carbocycles. The summed E-state index contributed by atoms with van der Waals surface area (Å²) >= 11 is 0. The summed E-state index contributed by atoms with van der Waals surface area (Å²) in [5.41, 5.74) is 7.76. The summed E-state index contributed by atoms with van der Waals surface area (Å²) in [6.45, 7) is 7.56. The minimum Gasteiger partial charge on any atom is -0.409 e. The van der Waals surface area contributed by atoms with Gasteiger partial charge in [-0.2, -0.15) is 0 Å². The molecule has 1 aromatic rings. The SMILES string of the molecule is Cc1cc(N(C)CC(C)(C)O)c(/C(N)=N/O)c(C)n1. The summed E-state index contributed by atoms with van der Waals surface area (Å²) in [5, 5.41) is 21.8. The van der Waals surface area contributed by atoms with Gasteiger partial charge in [0.2, 0.25) is 0 Å². The maximum Gasteiger partial charge on any atom is 0.174 e. The van der Waals surface area contributed by atoms with E-state index in [0.717, 1.165) is 11.4 Å². The first-order chi connectivity index (χ1) is 8.65. The van der Waals surface area contributed by atoms with Gasteiger partial charge < -0.3 is 20.9 Å². The summed E-state index contributed by atoms with van der Waals surface area (Å²) in [6.07, 6.45) is 0. The number of nitrogens with two attached hydrogens (primary N) is 1. The lowest BCUT2D eigenvalue weighted by atomic mass is 10.1. The smallest absolute Gasteiger partial charge is 0.174 e. The summed E-state index contributed by atoms with van der Waals surface area (Å²) < 4.78 is 0. The second-order valence-corrected chi connectivity index (χ2v) is 5.40. The molecular weight excluding hydrogens is 244 g/mol. The standard InChI is InChI=1S/C13H22N4O2/c1-8-6-10(17(5)7-13(3,4)18)11(9(2)15-8)12(14)16-19/h6,18-19H,7H2,1-5H3,(H2,14,16). The van der Waals surface area contributed by atoms with E-state index in [1.54, 1.807) is 13.8 Å². The number of aliphatic hydroxyl groups is 1. The molecule has 0 fully saturated rings. The number of rotatable bonds is 4. The quantitative estimate of drug-likeness (QED) is 0.327. The number of aryl methyl sites for hydroxylation is 2. The Morgan fingerprint density at radius 3 is 2.53 bits per heavy atom. The van der Waals surface area contributed by atoms with Gasteiger partial charge in [0.15, 0.2) is 5.84 Å². The summed E-state index contributed by atoms with van der Waals surface area (Å²) in [7, 11) is 1.85. The fourth-order valence-corrected chi connectivity index (χ4v) is 2.14. The van der Waals surface area contributed by atoms with Crippen molar-refractivity contribution in [3.63, 3.8) is 0 Å². The largest absolute Gasteiger partial charge is 0.409 e. The van der Waals surface area contributed by atoms with Crippen LogP contribution in [0.4, 0.5) is 5.69 Å². The molecule has 0 aliphatic heterocycles. The van der Waals surface area contributed by atoms with Gasteiger partial charge in [-0.3, -0.25) is 4.98 Å². The number of hydrogen-bond donors (Lipinski definition) is 3. The molecule has 4 N–H and O–H groups in total. The van der Waals surface area contributed by atoms with Gasteiger partial charge >= 0.3 is 0 Å². The van der Waals surface area contributed by atoms with Gasteiger partial charge in [-0.25, -0.2) is 0 Å². The molecule has 19 heavy (non-hydrogen) atoms. The van der Waals surface area contributed by atoms with E-state index in [4.69, 9.17) is 10.9 Å². The Hall–Kier alpha value is -1.82. The predicted octanol–water partition coefficient (Wildman–Crippen LogP) is 1.00. The highest BCUT2D eigenvalue weighted by atomic mass is 16.4. The lowest BCUT2D eigenvalue weighted by Crippen LogP contribution is -2.37. The fraction of sp³-hybridized carbons (Fsp3) is 0.538. The van der Waals surface area contributed by atoms with Crippen LogP contribution in [0.15, 0.2) is 11.2 Å². The van der Waals surface area contributed by atoms with Crippen LogP contribution >= 0.6 is 0 Å². The second-order valence-electron chi connectivity index (χ2n) is 5.40. The Morgan fingerprint density at radius 1 is 1.47 bits per heavy atom. The zero-order chi connectivity index (χ0) is 14.8. The van der Waals surface area contributed by atoms with Crippen molar-refractivity contribution in [1.82, 2.24) is 4.98 Å². The highest BCUT2D eigenvalue weighted by Crippen LogP contribution is 2.24. The molecule has 0 spiro atoms. The van der Waals surface area contributed by atoms with Crippen LogP contribution in [0.5, 0.6) is 0 Å². The normalized spacial score (nSPS) is 12.6. The van der Waals surface area contributed by atoms with E-state index in [9.17, 15) is 5.11 Å². The number of oxime groups is 1. The van der Waals surface area contributed by atoms with E-state index in [1.807, 2.05) is 31.9 Å². The summed E-state index contributed by atoms with van der Waals surface area (Å²) in [6, 6.07) is 1.85. The lowest BCUT2D eigenvalue weighted by molar-refractivity contribution is 0.0886. The third kappa shape index (κ3) is 3.82. The van der Waals surface area contributed by atoms with Gasteiger partial charge in [-0.15, -0.1) is 0 Å². The first kappa shape index (κ1) is 15.2. The van der Waals surface area contributed by atoms with Crippen molar-refractivity contribution >= 4 is 11.5 Å². The average molecular weight is 266 g/mol. The van der Waals surface area contributed by atoms with Gasteiger partial charge in [0.25, 0.3) is 0 Å². The second kappa shape index (κ2) is 5.44. The van der Waals surface area contributed by atoms with Crippen molar-refractivity contribution in [2.45, 2.75) is 33.3 Å². The Bertz CT molecular complexity index is 492. The van der Waals surface area contributed by atoms with Crippen molar-refractivity contribution in [2.24, 2.45) is 10.9 Å². The van der Waals surface area contributed by atoms with Gasteiger partial charge in [0.1, 0.15) is 0 Å². The molecule has 0 aliphatic carbocycles. The Balaban J connectivity index is 3.32. The van der Waals surface area contributed by atoms with Crippen LogP contribution in [0, 0.1) is 13.8 Å². The maximum absolute atomic E-state index is 9.91. The van der Waals surface area contributed by atoms with E-state index >= 15 is 0 Å². The van der Waals surface area contributed by atoms with Gasteiger partial charge in [0, 0.05) is 19.3 Å². The zero-order valence-electron chi connectivity index (χ0n) is 12.1. The number of likely N-dealkylation sites (N-methyl/N-ethyl adjacent to an activating group) is 1. The average Bonchev–Trinajstić information content (AvgIpc) is 2.24. The van der Waals surface area contributed by atoms with Crippen molar-refractivity contribution in [3.8, 4) is 0 Å². The monoisotopic (exact) mass is 266 g/mol. The zero-order valence-corrected chi connectivity index (χ0v) is 12.1. The third-order valence-electron chi connectivity index (χ3n) is 2.71. The van der Waals surface area contributed by atoms with Crippen molar-refractivity contribution in [3.05, 3.63) is 23.0 Å². The van der Waals surface area contributed by atoms with E-state index in [-0.39, 0.29) is 5.84 Å². The molecule has 0 radical (unpaired) electrons. The number of pyridine rings is 1. The number of aromatic nitrogens is 1. The molecule has 6 heteroatoms. The minimum absolute atomic E-state index is 0.0163. The molecule has 0 saturated carbocycles. The maximum atomic E-state index is 9.91. The highest BCUT2D eigenvalue weighted by Gasteiger charge is 2.21. The molecule has 0 atom stereocenters. The summed E-state index contributed by atoms with van der Waals surface area (Å²) in [5.74, 6) is 0.0163. The fourth-order valence-electron chi connectivity index (χ4n) is 2.14. The highest BCUT2D eigenvalue weighted by molar-refractivity contribution is 6.03. The van der Waals surface area contributed by atoms with E-state index in [0.29, 0.717) is 17.8 Å². The topological polar surface area (TPSA) is 95.0 Å². The molecule has 1 aromatic heterocycles. The van der Waals surface area contributed by atoms with E-state index in [2.05, 4.69) is 10.1 Å². The minimum atomic E-state index is -0.845. The molecular formula is C13H22N4O2. The van der Waals surface area contributed by atoms with Gasteiger partial charge in [-0.1, -0.05) is 5.16 Å². The number of anilines is 1.